The van der Waals surface area contributed by atoms with Gasteiger partial charge in [0.25, 0.3) is 0 Å². The maximum absolute atomic E-state index is 10.6. The molecule has 0 atom stereocenters. The van der Waals surface area contributed by atoms with E-state index in [4.69, 9.17) is 5.73 Å². The van der Waals surface area contributed by atoms with Crippen LogP contribution in [0.2, 0.25) is 0 Å². The SMILES string of the molecule is CCOC(=O)CCCC[NH]. The highest BCUT2D eigenvalue weighted by Crippen LogP contribution is 1.95. The Hall–Kier alpha value is -0.570. The lowest BCUT2D eigenvalue weighted by Crippen LogP contribution is -2.03. The van der Waals surface area contributed by atoms with Crippen LogP contribution < -0.4 is 5.73 Å². The van der Waals surface area contributed by atoms with Gasteiger partial charge in [-0.1, -0.05) is 0 Å². The first-order valence-corrected chi connectivity index (χ1v) is 3.61. The van der Waals surface area contributed by atoms with Crippen LogP contribution in [0.25, 0.3) is 0 Å². The van der Waals surface area contributed by atoms with Gasteiger partial charge < -0.3 is 4.74 Å². The minimum Gasteiger partial charge on any atom is -0.466 e. The first-order valence-electron chi connectivity index (χ1n) is 3.61. The van der Waals surface area contributed by atoms with E-state index in [1.165, 1.54) is 0 Å². The van der Waals surface area contributed by atoms with Gasteiger partial charge in [0.05, 0.1) is 6.61 Å². The van der Waals surface area contributed by atoms with Crippen molar-refractivity contribution in [2.24, 2.45) is 0 Å². The maximum Gasteiger partial charge on any atom is 0.305 e. The highest BCUT2D eigenvalue weighted by molar-refractivity contribution is 5.69. The molecule has 0 spiro atoms. The van der Waals surface area contributed by atoms with Gasteiger partial charge in [0, 0.05) is 13.0 Å². The van der Waals surface area contributed by atoms with Gasteiger partial charge in [-0.3, -0.25) is 10.5 Å². The van der Waals surface area contributed by atoms with Gasteiger partial charge >= 0.3 is 5.97 Å². The number of ether oxygens (including phenoxy) is 1. The number of carbonyl (C=O) groups is 1. The summed E-state index contributed by atoms with van der Waals surface area (Å²) >= 11 is 0. The molecule has 0 heterocycles. The molecule has 3 heteroatoms. The molecule has 0 aliphatic heterocycles. The number of unbranched alkanes of at least 4 members (excludes halogenated alkanes) is 1. The molecule has 0 bridgehead atoms. The van der Waals surface area contributed by atoms with Crippen LogP contribution in [0.15, 0.2) is 0 Å². The summed E-state index contributed by atoms with van der Waals surface area (Å²) in [6.45, 7) is 2.65. The zero-order valence-electron chi connectivity index (χ0n) is 6.35. The van der Waals surface area contributed by atoms with Crippen LogP contribution in [0, 0.1) is 0 Å². The van der Waals surface area contributed by atoms with Gasteiger partial charge in [0.2, 0.25) is 0 Å². The molecule has 0 saturated carbocycles. The molecular formula is C7H14NO2. The Balaban J connectivity index is 3.05. The number of carbonyl (C=O) groups excluding carboxylic acids is 1. The minimum atomic E-state index is -0.143. The van der Waals surface area contributed by atoms with Crippen LogP contribution in [0.1, 0.15) is 26.2 Å². The lowest BCUT2D eigenvalue weighted by atomic mass is 10.2. The molecule has 0 aromatic carbocycles. The molecule has 0 aliphatic rings. The average Bonchev–Trinajstić information content (AvgIpc) is 1.89. The van der Waals surface area contributed by atoms with Gasteiger partial charge in [0.15, 0.2) is 0 Å². The fourth-order valence-corrected chi connectivity index (χ4v) is 0.627. The average molecular weight is 144 g/mol. The standard InChI is InChI=1S/C7H14NO2/c1-2-10-7(9)5-3-4-6-8/h8H,2-6H2,1H3. The highest BCUT2D eigenvalue weighted by atomic mass is 16.5. The zero-order chi connectivity index (χ0) is 7.82. The summed E-state index contributed by atoms with van der Waals surface area (Å²) in [7, 11) is 0. The third kappa shape index (κ3) is 5.56. The first-order chi connectivity index (χ1) is 4.81. The number of esters is 1. The van der Waals surface area contributed by atoms with Gasteiger partial charge in [-0.05, 0) is 19.8 Å². The van der Waals surface area contributed by atoms with E-state index in [-0.39, 0.29) is 5.97 Å². The van der Waals surface area contributed by atoms with E-state index in [2.05, 4.69) is 4.74 Å². The molecule has 0 aromatic rings. The Labute approximate surface area is 61.5 Å². The smallest absolute Gasteiger partial charge is 0.305 e. The maximum atomic E-state index is 10.6. The van der Waals surface area contributed by atoms with Crippen LogP contribution in [-0.4, -0.2) is 19.1 Å². The van der Waals surface area contributed by atoms with Crippen molar-refractivity contribution in [3.63, 3.8) is 0 Å². The van der Waals surface area contributed by atoms with Crippen LogP contribution in [0.4, 0.5) is 0 Å². The van der Waals surface area contributed by atoms with Crippen molar-refractivity contribution < 1.29 is 9.53 Å². The van der Waals surface area contributed by atoms with Crippen molar-refractivity contribution in [2.45, 2.75) is 26.2 Å². The van der Waals surface area contributed by atoms with Crippen LogP contribution in [0.5, 0.6) is 0 Å². The Kier molecular flexibility index (Phi) is 6.18. The van der Waals surface area contributed by atoms with Crippen molar-refractivity contribution >= 4 is 5.97 Å². The summed E-state index contributed by atoms with van der Waals surface area (Å²) in [4.78, 5) is 10.6. The second kappa shape index (κ2) is 6.55. The molecule has 0 rings (SSSR count). The summed E-state index contributed by atoms with van der Waals surface area (Å²) < 4.78 is 4.69. The van der Waals surface area contributed by atoms with Crippen molar-refractivity contribution in [1.29, 1.82) is 0 Å². The van der Waals surface area contributed by atoms with Gasteiger partial charge in [-0.15, -0.1) is 0 Å². The molecule has 1 N–H and O–H groups in total. The molecule has 0 fully saturated rings. The molecule has 1 radical (unpaired) electrons. The first kappa shape index (κ1) is 9.43. The summed E-state index contributed by atoms with van der Waals surface area (Å²) in [6, 6.07) is 0. The van der Waals surface area contributed by atoms with Gasteiger partial charge in [0.1, 0.15) is 0 Å². The van der Waals surface area contributed by atoms with E-state index in [0.717, 1.165) is 12.8 Å². The zero-order valence-corrected chi connectivity index (χ0v) is 6.35. The van der Waals surface area contributed by atoms with E-state index in [9.17, 15) is 4.79 Å². The second-order valence-corrected chi connectivity index (χ2v) is 2.01. The lowest BCUT2D eigenvalue weighted by molar-refractivity contribution is -0.143. The predicted octanol–water partition coefficient (Wildman–Crippen LogP) is 1.00. The number of nitrogens with one attached hydrogen (secondary N) is 1. The molecule has 3 nitrogen and oxygen atoms in total. The molecule has 0 aromatic heterocycles. The molecule has 0 aliphatic carbocycles. The Morgan fingerprint density at radius 3 is 2.70 bits per heavy atom. The van der Waals surface area contributed by atoms with Gasteiger partial charge in [-0.25, -0.2) is 0 Å². The van der Waals surface area contributed by atoms with Crippen LogP contribution >= 0.6 is 0 Å². The van der Waals surface area contributed by atoms with Crippen molar-refractivity contribution in [1.82, 2.24) is 5.73 Å². The normalized spacial score (nSPS) is 9.40. The number of hydrogen-bond donors (Lipinski definition) is 0. The van der Waals surface area contributed by atoms with E-state index >= 15 is 0 Å². The third-order valence-electron chi connectivity index (χ3n) is 1.11. The van der Waals surface area contributed by atoms with Crippen LogP contribution in [0.3, 0.4) is 0 Å². The molecular weight excluding hydrogens is 130 g/mol. The van der Waals surface area contributed by atoms with Crippen LogP contribution in [-0.2, 0) is 9.53 Å². The predicted molar refractivity (Wildman–Crippen MR) is 38.4 cm³/mol. The lowest BCUT2D eigenvalue weighted by Gasteiger charge is -1.98. The molecule has 10 heavy (non-hydrogen) atoms. The van der Waals surface area contributed by atoms with Crippen molar-refractivity contribution in [3.05, 3.63) is 0 Å². The Morgan fingerprint density at radius 1 is 1.50 bits per heavy atom. The topological polar surface area (TPSA) is 50.1 Å². The van der Waals surface area contributed by atoms with E-state index in [1.807, 2.05) is 0 Å². The number of rotatable bonds is 5. The molecule has 0 amide bonds. The summed E-state index contributed by atoms with van der Waals surface area (Å²) in [5, 5.41) is 0. The fraction of sp³-hybridized carbons (Fsp3) is 0.857. The summed E-state index contributed by atoms with van der Waals surface area (Å²) in [6.07, 6.45) is 2.04. The Bertz CT molecular complexity index is 93.6. The summed E-state index contributed by atoms with van der Waals surface area (Å²) in [5.74, 6) is -0.143. The van der Waals surface area contributed by atoms with E-state index < -0.39 is 0 Å². The van der Waals surface area contributed by atoms with E-state index in [0.29, 0.717) is 19.6 Å². The third-order valence-corrected chi connectivity index (χ3v) is 1.11. The minimum absolute atomic E-state index is 0.143. The van der Waals surface area contributed by atoms with Crippen molar-refractivity contribution in [2.75, 3.05) is 13.2 Å². The largest absolute Gasteiger partial charge is 0.466 e. The quantitative estimate of drug-likeness (QED) is 0.427. The Morgan fingerprint density at radius 2 is 2.20 bits per heavy atom. The molecule has 0 unspecified atom stereocenters. The molecule has 59 valence electrons. The fourth-order valence-electron chi connectivity index (χ4n) is 0.627. The number of hydrogen-bond acceptors (Lipinski definition) is 2. The highest BCUT2D eigenvalue weighted by Gasteiger charge is 1.98. The molecule has 0 saturated heterocycles. The van der Waals surface area contributed by atoms with Gasteiger partial charge in [-0.2, -0.15) is 0 Å². The van der Waals surface area contributed by atoms with Crippen molar-refractivity contribution in [3.8, 4) is 0 Å². The monoisotopic (exact) mass is 144 g/mol. The summed E-state index contributed by atoms with van der Waals surface area (Å²) in [5.41, 5.74) is 6.80. The van der Waals surface area contributed by atoms with E-state index in [1.54, 1.807) is 6.92 Å². The second-order valence-electron chi connectivity index (χ2n) is 2.01.